The topological polar surface area (TPSA) is 26.8 Å². The van der Waals surface area contributed by atoms with Crippen LogP contribution in [0.4, 0.5) is 0 Å². The first-order valence-corrected chi connectivity index (χ1v) is 11.8. The summed E-state index contributed by atoms with van der Waals surface area (Å²) in [6.45, 7) is 9.83. The van der Waals surface area contributed by atoms with Gasteiger partial charge in [0, 0.05) is 32.2 Å². The van der Waals surface area contributed by atoms with Gasteiger partial charge in [0.25, 0.3) is 0 Å². The minimum atomic E-state index is 0.204. The zero-order valence-corrected chi connectivity index (χ0v) is 18.6. The molecule has 0 bridgehead atoms. The Morgan fingerprint density at radius 1 is 1.00 bits per heavy atom. The van der Waals surface area contributed by atoms with Crippen molar-refractivity contribution in [2.45, 2.75) is 64.5 Å². The largest absolute Gasteiger partial charge is 0.345 e. The molecule has 1 amide bonds. The molecule has 2 aliphatic heterocycles. The molecule has 1 aromatic rings. The van der Waals surface area contributed by atoms with Crippen molar-refractivity contribution in [3.8, 4) is 0 Å². The lowest BCUT2D eigenvalue weighted by atomic mass is 9.92. The second-order valence-electron chi connectivity index (χ2n) is 10.0. The van der Waals surface area contributed by atoms with E-state index in [4.69, 9.17) is 0 Å². The van der Waals surface area contributed by atoms with E-state index in [0.29, 0.717) is 23.9 Å². The van der Waals surface area contributed by atoms with Crippen molar-refractivity contribution in [1.29, 1.82) is 0 Å². The summed E-state index contributed by atoms with van der Waals surface area (Å²) in [6.07, 6.45) is 7.21. The number of likely N-dealkylation sites (tertiary alicyclic amines) is 2. The van der Waals surface area contributed by atoms with Crippen molar-refractivity contribution in [2.24, 2.45) is 11.8 Å². The van der Waals surface area contributed by atoms with Crippen LogP contribution in [-0.2, 0) is 17.6 Å². The molecule has 0 N–H and O–H groups in total. The average molecular weight is 398 g/mol. The smallest absolute Gasteiger partial charge is 0.226 e. The Hall–Kier alpha value is -1.39. The maximum atomic E-state index is 12.9. The fourth-order valence-corrected chi connectivity index (χ4v) is 5.90. The molecule has 29 heavy (non-hydrogen) atoms. The molecule has 0 spiro atoms. The van der Waals surface area contributed by atoms with E-state index in [1.54, 1.807) is 11.1 Å². The van der Waals surface area contributed by atoms with Gasteiger partial charge in [0.2, 0.25) is 5.91 Å². The third kappa shape index (κ3) is 4.86. The molecule has 4 heteroatoms. The number of piperidine rings is 2. The molecule has 1 aliphatic carbocycles. The van der Waals surface area contributed by atoms with Crippen LogP contribution >= 0.6 is 0 Å². The Labute approximate surface area is 177 Å². The van der Waals surface area contributed by atoms with Crippen LogP contribution in [0.5, 0.6) is 0 Å². The number of hydrogen-bond acceptors (Lipinski definition) is 3. The summed E-state index contributed by atoms with van der Waals surface area (Å²) in [5.74, 6) is 1.11. The Kier molecular flexibility index (Phi) is 6.60. The highest BCUT2D eigenvalue weighted by Gasteiger charge is 2.35. The summed E-state index contributed by atoms with van der Waals surface area (Å²) in [4.78, 5) is 20.2. The van der Waals surface area contributed by atoms with E-state index in [2.05, 4.69) is 47.9 Å². The number of benzene rings is 1. The van der Waals surface area contributed by atoms with E-state index in [1.165, 1.54) is 51.7 Å². The third-order valence-electron chi connectivity index (χ3n) is 7.38. The normalized spacial score (nSPS) is 24.8. The van der Waals surface area contributed by atoms with E-state index in [1.807, 2.05) is 11.9 Å². The van der Waals surface area contributed by atoms with Crippen LogP contribution in [-0.4, -0.2) is 72.5 Å². The van der Waals surface area contributed by atoms with Gasteiger partial charge < -0.3 is 4.90 Å². The molecule has 2 fully saturated rings. The minimum absolute atomic E-state index is 0.204. The molecular weight excluding hydrogens is 358 g/mol. The van der Waals surface area contributed by atoms with Crippen molar-refractivity contribution < 1.29 is 4.79 Å². The van der Waals surface area contributed by atoms with Gasteiger partial charge in [-0.3, -0.25) is 14.6 Å². The van der Waals surface area contributed by atoms with Gasteiger partial charge in [-0.1, -0.05) is 38.1 Å². The van der Waals surface area contributed by atoms with Gasteiger partial charge in [0.1, 0.15) is 0 Å². The molecule has 0 aromatic heterocycles. The van der Waals surface area contributed by atoms with Gasteiger partial charge in [-0.05, 0) is 75.2 Å². The van der Waals surface area contributed by atoms with E-state index < -0.39 is 0 Å². The molecule has 4 nitrogen and oxygen atoms in total. The number of carbonyl (C=O) groups excluding carboxylic acids is 1. The molecule has 160 valence electrons. The first-order valence-electron chi connectivity index (χ1n) is 11.8. The van der Waals surface area contributed by atoms with Gasteiger partial charge in [0.15, 0.2) is 0 Å². The second-order valence-corrected chi connectivity index (χ2v) is 10.0. The fourth-order valence-electron chi connectivity index (χ4n) is 5.90. The number of rotatable bonds is 5. The number of fused-ring (bicyclic) bond motifs is 1. The first-order chi connectivity index (χ1) is 14.0. The zero-order valence-electron chi connectivity index (χ0n) is 18.6. The minimum Gasteiger partial charge on any atom is -0.345 e. The molecule has 1 aromatic carbocycles. The Morgan fingerprint density at radius 2 is 1.66 bits per heavy atom. The number of carbonyl (C=O) groups is 1. The van der Waals surface area contributed by atoms with E-state index in [-0.39, 0.29) is 5.92 Å². The molecule has 2 saturated heterocycles. The zero-order chi connectivity index (χ0) is 20.4. The van der Waals surface area contributed by atoms with Gasteiger partial charge >= 0.3 is 0 Å². The quantitative estimate of drug-likeness (QED) is 0.761. The van der Waals surface area contributed by atoms with Gasteiger partial charge in [-0.2, -0.15) is 0 Å². The number of hydrogen-bond donors (Lipinski definition) is 0. The van der Waals surface area contributed by atoms with Crippen LogP contribution in [0.2, 0.25) is 0 Å². The van der Waals surface area contributed by atoms with Crippen LogP contribution in [0.3, 0.4) is 0 Å². The highest BCUT2D eigenvalue weighted by atomic mass is 16.2. The van der Waals surface area contributed by atoms with Crippen LogP contribution in [0.15, 0.2) is 24.3 Å². The monoisotopic (exact) mass is 397 g/mol. The van der Waals surface area contributed by atoms with Crippen molar-refractivity contribution >= 4 is 5.91 Å². The lowest BCUT2D eigenvalue weighted by Gasteiger charge is -2.43. The SMILES string of the molecule is CC(C)CN(C)C(=O)C1CCCN(C2CCN(C3Cc4ccccc4C3)CC2)C1. The lowest BCUT2D eigenvalue weighted by molar-refractivity contribution is -0.137. The lowest BCUT2D eigenvalue weighted by Crippen LogP contribution is -2.52. The average Bonchev–Trinajstić information content (AvgIpc) is 3.17. The van der Waals surface area contributed by atoms with Crippen molar-refractivity contribution in [1.82, 2.24) is 14.7 Å². The van der Waals surface area contributed by atoms with Gasteiger partial charge in [-0.25, -0.2) is 0 Å². The molecule has 0 saturated carbocycles. The van der Waals surface area contributed by atoms with Crippen LogP contribution in [0.1, 0.15) is 50.7 Å². The molecule has 2 heterocycles. The second kappa shape index (κ2) is 9.18. The Balaban J connectivity index is 1.27. The summed E-state index contributed by atoms with van der Waals surface area (Å²) in [6, 6.07) is 10.3. The molecule has 4 rings (SSSR count). The highest BCUT2D eigenvalue weighted by Crippen LogP contribution is 2.30. The summed E-state index contributed by atoms with van der Waals surface area (Å²) >= 11 is 0. The van der Waals surface area contributed by atoms with Crippen molar-refractivity contribution in [3.63, 3.8) is 0 Å². The molecule has 0 radical (unpaired) electrons. The summed E-state index contributed by atoms with van der Waals surface area (Å²) in [5.41, 5.74) is 3.12. The van der Waals surface area contributed by atoms with Gasteiger partial charge in [0.05, 0.1) is 5.92 Å². The third-order valence-corrected chi connectivity index (χ3v) is 7.38. The van der Waals surface area contributed by atoms with Crippen molar-refractivity contribution in [3.05, 3.63) is 35.4 Å². The first kappa shape index (κ1) is 20.9. The van der Waals surface area contributed by atoms with E-state index in [0.717, 1.165) is 19.5 Å². The van der Waals surface area contributed by atoms with Crippen LogP contribution in [0.25, 0.3) is 0 Å². The van der Waals surface area contributed by atoms with E-state index >= 15 is 0 Å². The van der Waals surface area contributed by atoms with Crippen molar-refractivity contribution in [2.75, 3.05) is 39.8 Å². The highest BCUT2D eigenvalue weighted by molar-refractivity contribution is 5.78. The summed E-state index contributed by atoms with van der Waals surface area (Å²) in [7, 11) is 1.99. The molecule has 1 unspecified atom stereocenters. The predicted octanol–water partition coefficient (Wildman–Crippen LogP) is 3.44. The molecule has 3 aliphatic rings. The molecule has 1 atom stereocenters. The Morgan fingerprint density at radius 3 is 2.28 bits per heavy atom. The maximum Gasteiger partial charge on any atom is 0.226 e. The fraction of sp³-hybridized carbons (Fsp3) is 0.720. The standard InChI is InChI=1S/C25H39N3O/c1-19(2)17-26(3)25(29)22-9-6-12-28(18-22)23-10-13-27(14-11-23)24-15-20-7-4-5-8-21(20)16-24/h4-5,7-8,19,22-24H,6,9-18H2,1-3H3. The maximum absolute atomic E-state index is 12.9. The number of amides is 1. The Bertz CT molecular complexity index is 670. The predicted molar refractivity (Wildman–Crippen MR) is 119 cm³/mol. The summed E-state index contributed by atoms with van der Waals surface area (Å²) < 4.78 is 0. The van der Waals surface area contributed by atoms with Gasteiger partial charge in [-0.15, -0.1) is 0 Å². The summed E-state index contributed by atoms with van der Waals surface area (Å²) in [5, 5.41) is 0. The van der Waals surface area contributed by atoms with E-state index in [9.17, 15) is 4.79 Å². The molecular formula is C25H39N3O. The van der Waals surface area contributed by atoms with Crippen LogP contribution < -0.4 is 0 Å². The number of nitrogens with zero attached hydrogens (tertiary/aromatic N) is 3. The van der Waals surface area contributed by atoms with Crippen LogP contribution in [0, 0.1) is 11.8 Å².